The molecular formula is C13H15N3O2S. The number of carbonyl (C=O) groups excluding carboxylic acids is 1. The number of aromatic nitrogens is 1. The van der Waals surface area contributed by atoms with E-state index in [0.29, 0.717) is 5.13 Å². The minimum Gasteiger partial charge on any atom is -0.394 e. The van der Waals surface area contributed by atoms with Crippen LogP contribution in [-0.2, 0) is 0 Å². The number of carbonyl (C=O) groups is 1. The molecule has 6 heteroatoms. The number of thiazole rings is 1. The minimum absolute atomic E-state index is 0.0967. The van der Waals surface area contributed by atoms with Crippen LogP contribution in [0.1, 0.15) is 6.92 Å². The second-order valence-corrected chi connectivity index (χ2v) is 5.11. The highest BCUT2D eigenvalue weighted by molar-refractivity contribution is 7.19. The quantitative estimate of drug-likeness (QED) is 0.803. The molecule has 3 N–H and O–H groups in total. The highest BCUT2D eigenvalue weighted by Gasteiger charge is 2.09. The van der Waals surface area contributed by atoms with Gasteiger partial charge < -0.3 is 10.4 Å². The molecule has 0 radical (unpaired) electrons. The fraction of sp³-hybridized carbons (Fsp3) is 0.231. The van der Waals surface area contributed by atoms with Crippen molar-refractivity contribution < 1.29 is 9.90 Å². The van der Waals surface area contributed by atoms with Gasteiger partial charge in [-0.3, -0.25) is 5.32 Å². The number of aliphatic hydroxyl groups is 1. The smallest absolute Gasteiger partial charge is 0.321 e. The number of rotatable bonds is 4. The van der Waals surface area contributed by atoms with Gasteiger partial charge in [-0.25, -0.2) is 9.78 Å². The molecule has 2 aromatic rings. The number of amides is 2. The fourth-order valence-electron chi connectivity index (χ4n) is 1.47. The summed E-state index contributed by atoms with van der Waals surface area (Å²) in [4.78, 5) is 16.7. The van der Waals surface area contributed by atoms with E-state index in [1.54, 1.807) is 13.1 Å². The molecule has 1 aromatic heterocycles. The zero-order chi connectivity index (χ0) is 13.7. The van der Waals surface area contributed by atoms with Gasteiger partial charge in [-0.2, -0.15) is 0 Å². The molecule has 0 aliphatic carbocycles. The van der Waals surface area contributed by atoms with Crippen molar-refractivity contribution in [2.24, 2.45) is 0 Å². The van der Waals surface area contributed by atoms with Crippen molar-refractivity contribution >= 4 is 22.5 Å². The van der Waals surface area contributed by atoms with Gasteiger partial charge in [0.25, 0.3) is 0 Å². The number of nitrogens with one attached hydrogen (secondary N) is 2. The minimum atomic E-state index is -0.365. The van der Waals surface area contributed by atoms with Crippen LogP contribution in [0.2, 0.25) is 0 Å². The third-order valence-corrected chi connectivity index (χ3v) is 3.40. The van der Waals surface area contributed by atoms with Crippen molar-refractivity contribution in [3.8, 4) is 10.4 Å². The summed E-state index contributed by atoms with van der Waals surface area (Å²) >= 11 is 1.40. The summed E-state index contributed by atoms with van der Waals surface area (Å²) in [5.74, 6) is 0. The van der Waals surface area contributed by atoms with E-state index in [2.05, 4.69) is 15.6 Å². The molecule has 0 spiro atoms. The molecule has 0 unspecified atom stereocenters. The zero-order valence-electron chi connectivity index (χ0n) is 10.5. The van der Waals surface area contributed by atoms with E-state index in [1.165, 1.54) is 11.3 Å². The predicted octanol–water partition coefficient (Wildman–Crippen LogP) is 2.31. The van der Waals surface area contributed by atoms with Gasteiger partial charge in [0.05, 0.1) is 17.5 Å². The summed E-state index contributed by atoms with van der Waals surface area (Å²) in [5.41, 5.74) is 1.07. The summed E-state index contributed by atoms with van der Waals surface area (Å²) in [5, 5.41) is 14.6. The molecule has 0 aliphatic rings. The molecule has 19 heavy (non-hydrogen) atoms. The first-order valence-corrected chi connectivity index (χ1v) is 6.70. The number of anilines is 1. The second kappa shape index (κ2) is 6.31. The summed E-state index contributed by atoms with van der Waals surface area (Å²) < 4.78 is 0. The van der Waals surface area contributed by atoms with Crippen molar-refractivity contribution in [2.75, 3.05) is 11.9 Å². The van der Waals surface area contributed by atoms with Gasteiger partial charge in [0.1, 0.15) is 0 Å². The van der Waals surface area contributed by atoms with Gasteiger partial charge in [0, 0.05) is 6.20 Å². The lowest BCUT2D eigenvalue weighted by Crippen LogP contribution is -2.38. The maximum atomic E-state index is 11.6. The van der Waals surface area contributed by atoms with Gasteiger partial charge >= 0.3 is 6.03 Å². The first kappa shape index (κ1) is 13.5. The Labute approximate surface area is 115 Å². The number of nitrogens with zero attached hydrogens (tertiary/aromatic N) is 1. The van der Waals surface area contributed by atoms with Crippen LogP contribution < -0.4 is 10.6 Å². The molecule has 0 aliphatic heterocycles. The Balaban J connectivity index is 2.00. The van der Waals surface area contributed by atoms with Crippen LogP contribution >= 0.6 is 11.3 Å². The monoisotopic (exact) mass is 277 g/mol. The fourth-order valence-corrected chi connectivity index (χ4v) is 2.29. The van der Waals surface area contributed by atoms with Gasteiger partial charge in [-0.05, 0) is 12.5 Å². The van der Waals surface area contributed by atoms with Crippen LogP contribution in [0.15, 0.2) is 36.5 Å². The van der Waals surface area contributed by atoms with E-state index < -0.39 is 0 Å². The Morgan fingerprint density at radius 1 is 1.42 bits per heavy atom. The molecule has 1 heterocycles. The van der Waals surface area contributed by atoms with Crippen LogP contribution in [-0.4, -0.2) is 28.8 Å². The molecule has 0 saturated heterocycles. The molecule has 0 bridgehead atoms. The first-order valence-electron chi connectivity index (χ1n) is 5.88. The molecule has 100 valence electrons. The second-order valence-electron chi connectivity index (χ2n) is 4.08. The van der Waals surface area contributed by atoms with Crippen molar-refractivity contribution in [3.63, 3.8) is 0 Å². The Hall–Kier alpha value is -1.92. The molecule has 1 atom stereocenters. The van der Waals surface area contributed by atoms with Crippen LogP contribution in [0.3, 0.4) is 0 Å². The largest absolute Gasteiger partial charge is 0.394 e. The SMILES string of the molecule is C[C@@H](CO)NC(=O)Nc1ncc(-c2ccccc2)s1. The Morgan fingerprint density at radius 2 is 2.16 bits per heavy atom. The van der Waals surface area contributed by atoms with Crippen LogP contribution in [0.4, 0.5) is 9.93 Å². The topological polar surface area (TPSA) is 74.2 Å². The molecule has 2 rings (SSSR count). The third kappa shape index (κ3) is 3.77. The lowest BCUT2D eigenvalue weighted by molar-refractivity contribution is 0.229. The lowest BCUT2D eigenvalue weighted by atomic mass is 10.2. The van der Waals surface area contributed by atoms with E-state index in [0.717, 1.165) is 10.4 Å². The summed E-state index contributed by atoms with van der Waals surface area (Å²) in [6.07, 6.45) is 1.73. The van der Waals surface area contributed by atoms with Crippen LogP contribution in [0, 0.1) is 0 Å². The van der Waals surface area contributed by atoms with Crippen LogP contribution in [0.5, 0.6) is 0 Å². The predicted molar refractivity (Wildman–Crippen MR) is 76.3 cm³/mol. The van der Waals surface area contributed by atoms with Crippen molar-refractivity contribution in [1.29, 1.82) is 0 Å². The molecule has 0 fully saturated rings. The van der Waals surface area contributed by atoms with Gasteiger partial charge in [0.15, 0.2) is 5.13 Å². The molecule has 1 aromatic carbocycles. The number of urea groups is 1. The average Bonchev–Trinajstić information content (AvgIpc) is 2.88. The van der Waals surface area contributed by atoms with E-state index in [4.69, 9.17) is 5.11 Å². The van der Waals surface area contributed by atoms with Crippen LogP contribution in [0.25, 0.3) is 10.4 Å². The van der Waals surface area contributed by atoms with Gasteiger partial charge in [-0.1, -0.05) is 41.7 Å². The molecule has 2 amide bonds. The zero-order valence-corrected chi connectivity index (χ0v) is 11.3. The highest BCUT2D eigenvalue weighted by atomic mass is 32.1. The molecule has 0 saturated carbocycles. The van der Waals surface area contributed by atoms with E-state index in [-0.39, 0.29) is 18.7 Å². The molecule has 5 nitrogen and oxygen atoms in total. The Bertz CT molecular complexity index is 542. The van der Waals surface area contributed by atoms with Crippen molar-refractivity contribution in [2.45, 2.75) is 13.0 Å². The Kier molecular flexibility index (Phi) is 4.48. The van der Waals surface area contributed by atoms with E-state index >= 15 is 0 Å². The molecular weight excluding hydrogens is 262 g/mol. The third-order valence-electron chi connectivity index (χ3n) is 2.44. The number of benzene rings is 1. The summed E-state index contributed by atoms with van der Waals surface area (Å²) in [6.45, 7) is 1.62. The maximum absolute atomic E-state index is 11.6. The van der Waals surface area contributed by atoms with Gasteiger partial charge in [0.2, 0.25) is 0 Å². The van der Waals surface area contributed by atoms with E-state index in [1.807, 2.05) is 30.3 Å². The Morgan fingerprint density at radius 3 is 2.84 bits per heavy atom. The first-order chi connectivity index (χ1) is 9.19. The average molecular weight is 277 g/mol. The van der Waals surface area contributed by atoms with Gasteiger partial charge in [-0.15, -0.1) is 0 Å². The number of hydrogen-bond acceptors (Lipinski definition) is 4. The van der Waals surface area contributed by atoms with Crippen molar-refractivity contribution in [3.05, 3.63) is 36.5 Å². The number of aliphatic hydroxyl groups excluding tert-OH is 1. The standard InChI is InChI=1S/C13H15N3O2S/c1-9(8-17)15-12(18)16-13-14-7-11(19-13)10-5-3-2-4-6-10/h2-7,9,17H,8H2,1H3,(H2,14,15,16,18)/t9-/m0/s1. The summed E-state index contributed by atoms with van der Waals surface area (Å²) in [7, 11) is 0. The van der Waals surface area contributed by atoms with E-state index in [9.17, 15) is 4.79 Å². The maximum Gasteiger partial charge on any atom is 0.321 e. The highest BCUT2D eigenvalue weighted by Crippen LogP contribution is 2.28. The summed E-state index contributed by atoms with van der Waals surface area (Å²) in [6, 6.07) is 9.20. The lowest BCUT2D eigenvalue weighted by Gasteiger charge is -2.10. The van der Waals surface area contributed by atoms with Crippen molar-refractivity contribution in [1.82, 2.24) is 10.3 Å². The number of hydrogen-bond donors (Lipinski definition) is 3. The normalized spacial score (nSPS) is 11.9.